The van der Waals surface area contributed by atoms with E-state index in [0.717, 1.165) is 31.4 Å². The molecular formula is C36H38F5N6O3+. The summed E-state index contributed by atoms with van der Waals surface area (Å²) in [6.45, 7) is 3.13. The number of fused-ring (bicyclic) bond motifs is 7. The number of pyridine rings is 1. The Kier molecular flexibility index (Phi) is 7.25. The third-order valence-electron chi connectivity index (χ3n) is 11.9. The van der Waals surface area contributed by atoms with Crippen molar-refractivity contribution in [2.24, 2.45) is 7.05 Å². The summed E-state index contributed by atoms with van der Waals surface area (Å²) < 4.78 is 84.4. The maximum Gasteiger partial charge on any atom is 0.522 e. The molecule has 2 bridgehead atoms. The number of aromatic nitrogens is 3. The van der Waals surface area contributed by atoms with Crippen LogP contribution in [-0.2, 0) is 18.2 Å². The number of anilines is 1. The molecule has 50 heavy (non-hydrogen) atoms. The number of aromatic hydroxyl groups is 1. The fourth-order valence-corrected chi connectivity index (χ4v) is 9.78. The number of hydrogen-bond acceptors (Lipinski definition) is 8. The Morgan fingerprint density at radius 3 is 2.76 bits per heavy atom. The Labute approximate surface area is 285 Å². The van der Waals surface area contributed by atoms with E-state index in [0.29, 0.717) is 59.0 Å². The van der Waals surface area contributed by atoms with Gasteiger partial charge in [0, 0.05) is 43.0 Å². The van der Waals surface area contributed by atoms with Crippen LogP contribution in [0.4, 0.5) is 27.8 Å². The summed E-state index contributed by atoms with van der Waals surface area (Å²) in [5.74, 6) is -0.607. The van der Waals surface area contributed by atoms with E-state index in [1.54, 1.807) is 24.6 Å². The summed E-state index contributed by atoms with van der Waals surface area (Å²) >= 11 is 0. The van der Waals surface area contributed by atoms with Crippen molar-refractivity contribution in [1.29, 1.82) is 0 Å². The van der Waals surface area contributed by atoms with Crippen LogP contribution >= 0.6 is 0 Å². The van der Waals surface area contributed by atoms with E-state index in [1.807, 2.05) is 4.90 Å². The van der Waals surface area contributed by atoms with Gasteiger partial charge in [-0.25, -0.2) is 4.39 Å². The second-order valence-corrected chi connectivity index (χ2v) is 14.7. The van der Waals surface area contributed by atoms with Gasteiger partial charge in [-0.05, 0) is 81.1 Å². The molecule has 14 heteroatoms. The van der Waals surface area contributed by atoms with E-state index >= 15 is 4.39 Å². The van der Waals surface area contributed by atoms with Crippen molar-refractivity contribution in [3.8, 4) is 23.0 Å². The number of hydrogen-bond donors (Lipinski definition) is 2. The third kappa shape index (κ3) is 5.00. The summed E-state index contributed by atoms with van der Waals surface area (Å²) in [6, 6.07) is 6.44. The molecule has 5 aliphatic rings. The van der Waals surface area contributed by atoms with Crippen LogP contribution < -0.4 is 19.5 Å². The Balaban J connectivity index is 1.21. The van der Waals surface area contributed by atoms with Crippen molar-refractivity contribution >= 4 is 27.5 Å². The number of halogens is 5. The predicted octanol–water partition coefficient (Wildman–Crippen LogP) is 5.34. The first-order chi connectivity index (χ1) is 23.9. The van der Waals surface area contributed by atoms with Crippen molar-refractivity contribution in [1.82, 2.24) is 20.2 Å². The highest BCUT2D eigenvalue weighted by Gasteiger charge is 2.52. The fraction of sp³-hybridized carbons (Fsp3) is 0.528. The zero-order chi connectivity index (χ0) is 34.7. The van der Waals surface area contributed by atoms with Crippen LogP contribution in [0.3, 0.4) is 0 Å². The van der Waals surface area contributed by atoms with E-state index in [2.05, 4.69) is 15.0 Å². The van der Waals surface area contributed by atoms with Gasteiger partial charge in [0.15, 0.2) is 11.5 Å². The van der Waals surface area contributed by atoms with Crippen LogP contribution in [0, 0.1) is 18.6 Å². The molecular weight excluding hydrogens is 659 g/mol. The number of nitrogens with zero attached hydrogens (tertiary/aromatic N) is 5. The van der Waals surface area contributed by atoms with Gasteiger partial charge in [-0.1, -0.05) is 6.07 Å². The molecule has 0 amide bonds. The summed E-state index contributed by atoms with van der Waals surface area (Å²) in [5, 5.41) is 16.1. The minimum Gasteiger partial charge on any atom is -0.508 e. The highest BCUT2D eigenvalue weighted by molar-refractivity contribution is 6.01. The molecule has 4 aromatic rings. The number of benzene rings is 2. The molecule has 5 aliphatic heterocycles. The van der Waals surface area contributed by atoms with Crippen LogP contribution in [0.15, 0.2) is 24.3 Å². The molecule has 0 saturated carbocycles. The van der Waals surface area contributed by atoms with Crippen molar-refractivity contribution in [3.05, 3.63) is 47.2 Å². The Morgan fingerprint density at radius 1 is 1.10 bits per heavy atom. The topological polar surface area (TPSA) is 86.9 Å². The molecule has 0 unspecified atom stereocenters. The molecule has 5 atom stereocenters. The van der Waals surface area contributed by atoms with Gasteiger partial charge in [0.25, 0.3) is 5.69 Å². The van der Waals surface area contributed by atoms with Crippen molar-refractivity contribution < 1.29 is 41.1 Å². The molecule has 264 valence electrons. The van der Waals surface area contributed by atoms with Crippen LogP contribution in [0.25, 0.3) is 32.9 Å². The molecule has 7 heterocycles. The van der Waals surface area contributed by atoms with Crippen molar-refractivity contribution in [2.75, 3.05) is 31.1 Å². The molecule has 2 aromatic carbocycles. The van der Waals surface area contributed by atoms with Gasteiger partial charge < -0.3 is 20.1 Å². The summed E-state index contributed by atoms with van der Waals surface area (Å²) in [4.78, 5) is 13.9. The highest BCUT2D eigenvalue weighted by Crippen LogP contribution is 2.45. The molecule has 0 spiro atoms. The Hall–Kier alpha value is -3.88. The minimum absolute atomic E-state index is 0.0313. The third-order valence-corrected chi connectivity index (χ3v) is 11.9. The maximum absolute atomic E-state index is 17.4. The van der Waals surface area contributed by atoms with Gasteiger partial charge in [0.1, 0.15) is 36.1 Å². The standard InChI is InChI=1S/C36H37F5N6O3/c1-18-24(37)6-4-19-12-21(48)13-23(28(18)19)32-30(38)31-29-27(45(32)2)9-8-26-25-7-5-20(42-25)15-47(26)33(29)44-34(43-31)49-17-35-10-3-11-46(35)16-22(14-35)50-36(39,40)41/h4,6,12-13,20,22,25-26,42H,3,5,7-11,14-17H2,1-2H3/p+1/t20-,22-,25+,26-,35-/m1/s1. The number of phenols is 1. The van der Waals surface area contributed by atoms with Gasteiger partial charge in [0.05, 0.1) is 17.2 Å². The minimum atomic E-state index is -4.73. The fourth-order valence-electron chi connectivity index (χ4n) is 9.78. The summed E-state index contributed by atoms with van der Waals surface area (Å²) in [7, 11) is 1.79. The van der Waals surface area contributed by atoms with E-state index in [1.165, 1.54) is 18.2 Å². The quantitative estimate of drug-likeness (QED) is 0.214. The number of ether oxygens (including phenoxy) is 2. The van der Waals surface area contributed by atoms with Gasteiger partial charge in [-0.2, -0.15) is 18.9 Å². The molecule has 4 saturated heterocycles. The molecule has 4 fully saturated rings. The first kappa shape index (κ1) is 32.1. The zero-order valence-corrected chi connectivity index (χ0v) is 27.8. The average Bonchev–Trinajstić information content (AvgIpc) is 3.69. The molecule has 2 aromatic heterocycles. The largest absolute Gasteiger partial charge is 0.522 e. The average molecular weight is 698 g/mol. The number of rotatable bonds is 5. The lowest BCUT2D eigenvalue weighted by molar-refractivity contribution is -0.667. The van der Waals surface area contributed by atoms with Gasteiger partial charge >= 0.3 is 12.4 Å². The maximum atomic E-state index is 17.4. The summed E-state index contributed by atoms with van der Waals surface area (Å²) in [6.07, 6.45) is -0.722. The lowest BCUT2D eigenvalue weighted by Gasteiger charge is -2.41. The first-order valence-corrected chi connectivity index (χ1v) is 17.4. The molecule has 2 N–H and O–H groups in total. The molecule has 9 rings (SSSR count). The molecule has 0 radical (unpaired) electrons. The first-order valence-electron chi connectivity index (χ1n) is 17.4. The molecule has 9 nitrogen and oxygen atoms in total. The Morgan fingerprint density at radius 2 is 1.94 bits per heavy atom. The van der Waals surface area contributed by atoms with E-state index in [4.69, 9.17) is 14.7 Å². The van der Waals surface area contributed by atoms with Gasteiger partial charge in [0.2, 0.25) is 5.82 Å². The number of phenolic OH excluding ortho intramolecular Hbond substituents is 1. The summed E-state index contributed by atoms with van der Waals surface area (Å²) in [5.41, 5.74) is 1.01. The zero-order valence-electron chi connectivity index (χ0n) is 27.8. The number of aryl methyl sites for hydroxylation is 2. The van der Waals surface area contributed by atoms with Crippen molar-refractivity contribution in [3.63, 3.8) is 0 Å². The van der Waals surface area contributed by atoms with E-state index < -0.39 is 29.6 Å². The normalized spacial score (nSPS) is 27.6. The van der Waals surface area contributed by atoms with Crippen LogP contribution in [-0.4, -0.2) is 82.3 Å². The van der Waals surface area contributed by atoms with Crippen LogP contribution in [0.5, 0.6) is 11.8 Å². The number of nitrogens with one attached hydrogen (secondary N) is 1. The van der Waals surface area contributed by atoms with Gasteiger partial charge in [-0.3, -0.25) is 9.64 Å². The van der Waals surface area contributed by atoms with Gasteiger partial charge in [-0.15, -0.1) is 13.2 Å². The van der Waals surface area contributed by atoms with Crippen molar-refractivity contribution in [2.45, 2.75) is 88.0 Å². The van der Waals surface area contributed by atoms with E-state index in [-0.39, 0.29) is 60.7 Å². The Bertz CT molecular complexity index is 2060. The lowest BCUT2D eigenvalue weighted by atomic mass is 9.94. The smallest absolute Gasteiger partial charge is 0.508 e. The number of piperazine rings is 1. The predicted molar refractivity (Wildman–Crippen MR) is 174 cm³/mol. The van der Waals surface area contributed by atoms with Crippen LogP contribution in [0.2, 0.25) is 0 Å². The SMILES string of the molecule is Cc1c(F)ccc2cc(O)cc(-c3c(F)c4nc(OC[C@]56CCCN5C[C@H](OC(F)(F)F)C6)nc5c4c([n+]3C)CC[C@@H]3[C@@H]4CC[C@H](CN53)N4)c12. The monoisotopic (exact) mass is 697 g/mol. The van der Waals surface area contributed by atoms with E-state index in [9.17, 15) is 22.7 Å². The second kappa shape index (κ2) is 11.3. The lowest BCUT2D eigenvalue weighted by Crippen LogP contribution is -2.58. The van der Waals surface area contributed by atoms with Crippen LogP contribution in [0.1, 0.15) is 49.8 Å². The molecule has 0 aliphatic carbocycles. The second-order valence-electron chi connectivity index (χ2n) is 14.7. The number of alkyl halides is 3. The highest BCUT2D eigenvalue weighted by atomic mass is 19.4.